The van der Waals surface area contributed by atoms with Gasteiger partial charge in [0, 0.05) is 26.6 Å². The molecule has 0 aromatic heterocycles. The van der Waals surface area contributed by atoms with E-state index in [0.717, 1.165) is 19.3 Å². The molecule has 9 nitrogen and oxygen atoms in total. The van der Waals surface area contributed by atoms with Crippen LogP contribution < -0.4 is 0 Å². The van der Waals surface area contributed by atoms with Crippen molar-refractivity contribution in [1.29, 1.82) is 0 Å². The van der Waals surface area contributed by atoms with Gasteiger partial charge in [0.25, 0.3) is 0 Å². The summed E-state index contributed by atoms with van der Waals surface area (Å²) in [5.74, 6) is -1.19. The van der Waals surface area contributed by atoms with Gasteiger partial charge in [0.1, 0.15) is 6.61 Å². The van der Waals surface area contributed by atoms with E-state index in [2.05, 4.69) is 0 Å². The van der Waals surface area contributed by atoms with E-state index >= 15 is 0 Å². The molecule has 0 saturated heterocycles. The number of ether oxygens (including phenoxy) is 5. The molecule has 0 aliphatic rings. The Labute approximate surface area is 167 Å². The van der Waals surface area contributed by atoms with Crippen molar-refractivity contribution >= 4 is 11.9 Å². The number of rotatable bonds is 21. The lowest BCUT2D eigenvalue weighted by Gasteiger charge is -2.15. The minimum absolute atomic E-state index is 0.0143. The van der Waals surface area contributed by atoms with Gasteiger partial charge in [-0.3, -0.25) is 9.59 Å². The predicted octanol–water partition coefficient (Wildman–Crippen LogP) is 1.40. The van der Waals surface area contributed by atoms with Crippen molar-refractivity contribution in [3.05, 3.63) is 0 Å². The zero-order valence-corrected chi connectivity index (χ0v) is 16.9. The van der Waals surface area contributed by atoms with Crippen molar-refractivity contribution in [2.24, 2.45) is 0 Å². The van der Waals surface area contributed by atoms with Gasteiger partial charge in [0.2, 0.25) is 0 Å². The Morgan fingerprint density at radius 2 is 1.50 bits per heavy atom. The third-order valence-corrected chi connectivity index (χ3v) is 3.82. The number of aliphatic carboxylic acids is 1. The topological polar surface area (TPSA) is 121 Å². The van der Waals surface area contributed by atoms with Crippen molar-refractivity contribution in [1.82, 2.24) is 0 Å². The molecule has 0 amide bonds. The van der Waals surface area contributed by atoms with Crippen molar-refractivity contribution in [3.63, 3.8) is 0 Å². The van der Waals surface area contributed by atoms with Gasteiger partial charge < -0.3 is 33.9 Å². The third kappa shape index (κ3) is 19.5. The number of unbranched alkanes of at least 4 members (excludes halogenated alkanes) is 2. The molecule has 9 heteroatoms. The highest BCUT2D eigenvalue weighted by Crippen LogP contribution is 2.06. The molecule has 1 atom stereocenters. The molecule has 0 rings (SSSR count). The Balaban J connectivity index is 3.45. The zero-order valence-electron chi connectivity index (χ0n) is 16.9. The van der Waals surface area contributed by atoms with Gasteiger partial charge in [-0.2, -0.15) is 0 Å². The second-order valence-corrected chi connectivity index (χ2v) is 6.20. The first-order valence-corrected chi connectivity index (χ1v) is 9.84. The van der Waals surface area contributed by atoms with E-state index in [4.69, 9.17) is 33.9 Å². The zero-order chi connectivity index (χ0) is 20.9. The number of methoxy groups -OCH3 is 1. The largest absolute Gasteiger partial charge is 0.481 e. The van der Waals surface area contributed by atoms with Crippen LogP contribution in [0.2, 0.25) is 0 Å². The summed E-state index contributed by atoms with van der Waals surface area (Å²) in [5.41, 5.74) is 0. The van der Waals surface area contributed by atoms with Gasteiger partial charge in [-0.1, -0.05) is 0 Å². The van der Waals surface area contributed by atoms with Crippen molar-refractivity contribution in [2.45, 2.75) is 51.0 Å². The molecular formula is C19H36O9. The van der Waals surface area contributed by atoms with E-state index in [0.29, 0.717) is 52.5 Å². The Bertz CT molecular complexity index is 376. The van der Waals surface area contributed by atoms with Gasteiger partial charge in [0.15, 0.2) is 0 Å². The monoisotopic (exact) mass is 408 g/mol. The molecule has 0 aromatic rings. The maximum atomic E-state index is 11.5. The van der Waals surface area contributed by atoms with E-state index in [9.17, 15) is 9.59 Å². The van der Waals surface area contributed by atoms with Gasteiger partial charge in [-0.25, -0.2) is 0 Å². The molecule has 0 aliphatic heterocycles. The summed E-state index contributed by atoms with van der Waals surface area (Å²) in [6, 6.07) is 0. The molecular weight excluding hydrogens is 372 g/mol. The van der Waals surface area contributed by atoms with Crippen LogP contribution >= 0.6 is 0 Å². The van der Waals surface area contributed by atoms with Crippen molar-refractivity contribution in [2.75, 3.05) is 60.0 Å². The van der Waals surface area contributed by atoms with Crippen LogP contribution in [0.3, 0.4) is 0 Å². The standard InChI is InChI=1S/C19H36O9/c1-24-17(6-4-5-10-25-12-13-26-11-9-20)16-27-14-15-28-19(23)8-3-2-7-18(21)22/h17,20H,2-16H2,1H3,(H,21,22). The summed E-state index contributed by atoms with van der Waals surface area (Å²) < 4.78 is 26.4. The summed E-state index contributed by atoms with van der Waals surface area (Å²) in [7, 11) is 1.64. The molecule has 0 aliphatic carbocycles. The third-order valence-electron chi connectivity index (χ3n) is 3.82. The van der Waals surface area contributed by atoms with Gasteiger partial charge >= 0.3 is 11.9 Å². The first kappa shape index (κ1) is 26.7. The minimum Gasteiger partial charge on any atom is -0.481 e. The predicted molar refractivity (Wildman–Crippen MR) is 101 cm³/mol. The second-order valence-electron chi connectivity index (χ2n) is 6.20. The Hall–Kier alpha value is -1.26. The summed E-state index contributed by atoms with van der Waals surface area (Å²) in [4.78, 5) is 21.8. The molecule has 0 aromatic carbocycles. The molecule has 0 radical (unpaired) electrons. The van der Waals surface area contributed by atoms with E-state index in [1.54, 1.807) is 7.11 Å². The Morgan fingerprint density at radius 1 is 0.821 bits per heavy atom. The quantitative estimate of drug-likeness (QED) is 0.214. The number of hydrogen-bond acceptors (Lipinski definition) is 8. The average Bonchev–Trinajstić information content (AvgIpc) is 2.68. The molecule has 0 spiro atoms. The number of carbonyl (C=O) groups is 2. The van der Waals surface area contributed by atoms with Crippen LogP contribution in [-0.2, 0) is 33.3 Å². The fraction of sp³-hybridized carbons (Fsp3) is 0.895. The highest BCUT2D eigenvalue weighted by atomic mass is 16.6. The number of carboxylic acids is 1. The molecule has 28 heavy (non-hydrogen) atoms. The lowest BCUT2D eigenvalue weighted by atomic mass is 10.1. The summed E-state index contributed by atoms with van der Waals surface area (Å²) in [6.45, 7) is 2.95. The van der Waals surface area contributed by atoms with Crippen LogP contribution in [0.5, 0.6) is 0 Å². The molecule has 0 saturated carbocycles. The van der Waals surface area contributed by atoms with Gasteiger partial charge in [-0.05, 0) is 32.1 Å². The van der Waals surface area contributed by atoms with E-state index < -0.39 is 5.97 Å². The Morgan fingerprint density at radius 3 is 2.18 bits per heavy atom. The lowest BCUT2D eigenvalue weighted by molar-refractivity contribution is -0.146. The lowest BCUT2D eigenvalue weighted by Crippen LogP contribution is -2.20. The molecule has 2 N–H and O–H groups in total. The number of esters is 1. The highest BCUT2D eigenvalue weighted by Gasteiger charge is 2.08. The van der Waals surface area contributed by atoms with Crippen LogP contribution in [0, 0.1) is 0 Å². The number of aliphatic hydroxyl groups is 1. The average molecular weight is 408 g/mol. The molecule has 0 fully saturated rings. The van der Waals surface area contributed by atoms with Crippen LogP contribution in [-0.4, -0.2) is 88.2 Å². The molecule has 0 heterocycles. The first-order chi connectivity index (χ1) is 13.6. The summed E-state index contributed by atoms with van der Waals surface area (Å²) in [5, 5.41) is 17.1. The van der Waals surface area contributed by atoms with E-state index in [-0.39, 0.29) is 38.1 Å². The summed E-state index contributed by atoms with van der Waals surface area (Å²) in [6.07, 6.45) is 3.98. The van der Waals surface area contributed by atoms with Gasteiger partial charge in [-0.15, -0.1) is 0 Å². The summed E-state index contributed by atoms with van der Waals surface area (Å²) >= 11 is 0. The second kappa shape index (κ2) is 20.5. The van der Waals surface area contributed by atoms with Crippen molar-refractivity contribution < 1.29 is 43.5 Å². The number of carbonyl (C=O) groups excluding carboxylic acids is 1. The Kier molecular flexibility index (Phi) is 19.6. The van der Waals surface area contributed by atoms with E-state index in [1.165, 1.54) is 0 Å². The normalized spacial score (nSPS) is 12.1. The van der Waals surface area contributed by atoms with Crippen LogP contribution in [0.15, 0.2) is 0 Å². The number of aliphatic hydroxyl groups excluding tert-OH is 1. The van der Waals surface area contributed by atoms with Crippen LogP contribution in [0.4, 0.5) is 0 Å². The SMILES string of the molecule is COC(CCCCOCCOCCO)COCCOC(=O)CCCCC(=O)O. The van der Waals surface area contributed by atoms with Gasteiger partial charge in [0.05, 0.1) is 45.7 Å². The maximum Gasteiger partial charge on any atom is 0.305 e. The fourth-order valence-electron chi connectivity index (χ4n) is 2.28. The van der Waals surface area contributed by atoms with Crippen molar-refractivity contribution in [3.8, 4) is 0 Å². The number of carboxylic acid groups (broad SMARTS) is 1. The molecule has 166 valence electrons. The molecule has 0 bridgehead atoms. The fourth-order valence-corrected chi connectivity index (χ4v) is 2.28. The van der Waals surface area contributed by atoms with E-state index in [1.807, 2.05) is 0 Å². The van der Waals surface area contributed by atoms with Crippen LogP contribution in [0.25, 0.3) is 0 Å². The molecule has 1 unspecified atom stereocenters. The number of hydrogen-bond donors (Lipinski definition) is 2. The highest BCUT2D eigenvalue weighted by molar-refractivity contribution is 5.69. The van der Waals surface area contributed by atoms with Crippen LogP contribution in [0.1, 0.15) is 44.9 Å². The maximum absolute atomic E-state index is 11.5. The smallest absolute Gasteiger partial charge is 0.305 e. The minimum atomic E-state index is -0.856. The first-order valence-electron chi connectivity index (χ1n) is 9.84.